The third-order valence-corrected chi connectivity index (χ3v) is 9.89. The van der Waals surface area contributed by atoms with Gasteiger partial charge in [0, 0.05) is 25.8 Å². The van der Waals surface area contributed by atoms with Crippen molar-refractivity contribution >= 4 is 26.6 Å². The van der Waals surface area contributed by atoms with E-state index in [9.17, 15) is 10.0 Å². The molecule has 0 aromatic heterocycles. The van der Waals surface area contributed by atoms with Crippen LogP contribution < -0.4 is 0 Å². The zero-order chi connectivity index (χ0) is 24.7. The maximum atomic E-state index is 11.1. The molecule has 1 fully saturated rings. The number of rotatable bonds is 21. The van der Waals surface area contributed by atoms with Gasteiger partial charge in [-0.25, -0.2) is 4.73 Å². The van der Waals surface area contributed by atoms with Crippen LogP contribution in [0.25, 0.3) is 0 Å². The van der Waals surface area contributed by atoms with E-state index < -0.39 is 9.68 Å². The Labute approximate surface area is 217 Å². The van der Waals surface area contributed by atoms with Gasteiger partial charge in [-0.3, -0.25) is 4.79 Å². The molecule has 34 heavy (non-hydrogen) atoms. The zero-order valence-electron chi connectivity index (χ0n) is 22.4. The van der Waals surface area contributed by atoms with Crippen molar-refractivity contribution in [1.29, 1.82) is 0 Å². The number of unbranched alkanes of at least 4 members (excludes halogenated alkanes) is 12. The van der Waals surface area contributed by atoms with Crippen LogP contribution in [0.15, 0.2) is 0 Å². The maximum absolute atomic E-state index is 11.1. The molecule has 5 nitrogen and oxygen atoms in total. The minimum absolute atomic E-state index is 0.185. The lowest BCUT2D eigenvalue weighted by Crippen LogP contribution is -2.34. The Balaban J connectivity index is 1.93. The molecule has 0 aromatic carbocycles. The van der Waals surface area contributed by atoms with E-state index in [2.05, 4.69) is 6.92 Å². The van der Waals surface area contributed by atoms with Crippen molar-refractivity contribution in [3.8, 4) is 0 Å². The summed E-state index contributed by atoms with van der Waals surface area (Å²) in [5.41, 5.74) is 0.607. The Kier molecular flexibility index (Phi) is 22.2. The summed E-state index contributed by atoms with van der Waals surface area (Å²) < 4.78 is 13.3. The molecule has 1 N–H and O–H groups in total. The van der Waals surface area contributed by atoms with Crippen molar-refractivity contribution in [2.45, 2.75) is 141 Å². The normalized spacial score (nSPS) is 20.4. The van der Waals surface area contributed by atoms with Gasteiger partial charge in [0.1, 0.15) is 16.5 Å². The van der Waals surface area contributed by atoms with Crippen molar-refractivity contribution in [1.82, 2.24) is 4.73 Å². The Morgan fingerprint density at radius 2 is 1.53 bits per heavy atom. The lowest BCUT2D eigenvalue weighted by Gasteiger charge is -2.29. The first kappa shape index (κ1) is 32.1. The highest BCUT2D eigenvalue weighted by Crippen LogP contribution is 2.26. The van der Waals surface area contributed by atoms with E-state index in [0.29, 0.717) is 18.9 Å². The Bertz CT molecular complexity index is 472. The highest BCUT2D eigenvalue weighted by Gasteiger charge is 2.21. The van der Waals surface area contributed by atoms with Gasteiger partial charge < -0.3 is 14.7 Å². The average Bonchev–Trinajstić information content (AvgIpc) is 2.81. The van der Waals surface area contributed by atoms with Crippen LogP contribution in [-0.4, -0.2) is 56.5 Å². The highest BCUT2D eigenvalue weighted by atomic mass is 32.2. The average molecular weight is 518 g/mol. The molecular formula is C27H55NO4SSi. The lowest BCUT2D eigenvalue weighted by molar-refractivity contribution is -0.109. The summed E-state index contributed by atoms with van der Waals surface area (Å²) in [4.78, 5) is 11.1. The molecule has 0 spiro atoms. The summed E-state index contributed by atoms with van der Waals surface area (Å²) in [7, 11) is -0.621. The topological polar surface area (TPSA) is 59.0 Å². The van der Waals surface area contributed by atoms with Crippen molar-refractivity contribution in [2.24, 2.45) is 0 Å². The number of thioether (sulfide) groups is 1. The summed E-state index contributed by atoms with van der Waals surface area (Å²) >= 11 is 1.42. The van der Waals surface area contributed by atoms with Crippen molar-refractivity contribution in [3.05, 3.63) is 0 Å². The number of hydrogen-bond donors (Lipinski definition) is 1. The molecule has 0 amide bonds. The van der Waals surface area contributed by atoms with Crippen molar-refractivity contribution < 1.29 is 19.5 Å². The third kappa shape index (κ3) is 20.3. The fourth-order valence-electron chi connectivity index (χ4n) is 4.75. The second-order valence-electron chi connectivity index (χ2n) is 10.2. The van der Waals surface area contributed by atoms with E-state index in [1.54, 1.807) is 11.7 Å². The van der Waals surface area contributed by atoms with Crippen LogP contribution in [0.2, 0.25) is 5.54 Å². The van der Waals surface area contributed by atoms with Crippen LogP contribution in [0.5, 0.6) is 0 Å². The van der Waals surface area contributed by atoms with Gasteiger partial charge >= 0.3 is 0 Å². The largest absolute Gasteiger partial charge is 0.355 e. The maximum Gasteiger partial charge on any atom is 0.185 e. The summed E-state index contributed by atoms with van der Waals surface area (Å²) in [5, 5.41) is 10.4. The molecule has 7 heteroatoms. The fraction of sp³-hybridized carbons (Fsp3) is 0.963. The van der Waals surface area contributed by atoms with Gasteiger partial charge in [-0.05, 0) is 37.6 Å². The van der Waals surface area contributed by atoms with E-state index in [1.165, 1.54) is 88.8 Å². The number of hydrogen-bond acceptors (Lipinski definition) is 6. The molecule has 1 rings (SSSR count). The molecule has 1 aliphatic rings. The molecule has 0 bridgehead atoms. The Hall–Kier alpha value is 0.0769. The summed E-state index contributed by atoms with van der Waals surface area (Å²) in [5.74, 6) is 0.901. The predicted molar refractivity (Wildman–Crippen MR) is 148 cm³/mol. The second kappa shape index (κ2) is 23.5. The number of ether oxygens (including phenoxy) is 2. The first-order valence-corrected chi connectivity index (χ1v) is 16.8. The second-order valence-corrected chi connectivity index (χ2v) is 13.7. The first-order valence-electron chi connectivity index (χ1n) is 14.4. The monoisotopic (exact) mass is 517 g/mol. The van der Waals surface area contributed by atoms with Gasteiger partial charge in [-0.15, -0.1) is 0 Å². The van der Waals surface area contributed by atoms with Crippen LogP contribution >= 0.6 is 11.8 Å². The van der Waals surface area contributed by atoms with E-state index in [-0.39, 0.29) is 11.2 Å². The molecule has 1 saturated heterocycles. The van der Waals surface area contributed by atoms with Crippen molar-refractivity contribution in [2.75, 3.05) is 25.7 Å². The predicted octanol–water partition coefficient (Wildman–Crippen LogP) is 7.24. The Morgan fingerprint density at radius 1 is 0.912 bits per heavy atom. The van der Waals surface area contributed by atoms with Crippen LogP contribution in [0, 0.1) is 0 Å². The number of hydroxylamine groups is 1. The van der Waals surface area contributed by atoms with Crippen LogP contribution in [0.4, 0.5) is 0 Å². The van der Waals surface area contributed by atoms with Crippen LogP contribution in [-0.2, 0) is 14.3 Å². The lowest BCUT2D eigenvalue weighted by atomic mass is 10.0. The van der Waals surface area contributed by atoms with Gasteiger partial charge in [-0.1, -0.05) is 102 Å². The van der Waals surface area contributed by atoms with Crippen molar-refractivity contribution in [3.63, 3.8) is 0 Å². The zero-order valence-corrected chi connectivity index (χ0v) is 24.7. The molecule has 0 aliphatic carbocycles. The number of carbonyl (C=O) groups excluding carboxylic acids is 1. The summed E-state index contributed by atoms with van der Waals surface area (Å²) in [6.07, 6.45) is 23.2. The smallest absolute Gasteiger partial charge is 0.185 e. The molecule has 0 radical (unpaired) electrons. The number of nitrogens with zero attached hydrogens (tertiary/aromatic N) is 1. The molecule has 202 valence electrons. The van der Waals surface area contributed by atoms with Gasteiger partial charge in [-0.2, -0.15) is 0 Å². The quantitative estimate of drug-likeness (QED) is 0.0983. The standard InChI is InChI=1S/C27H55NO4SSi/c1-3-4-5-6-7-8-9-10-11-12-13-14-15-22-31-24-32-26-18-19-27(34-28(30)21-20-26)17-16-23-33-25(2)29/h26-27,30H,3-24,34H2,1-2H3. The van der Waals surface area contributed by atoms with Crippen LogP contribution in [0.3, 0.4) is 0 Å². The molecule has 0 aromatic rings. The van der Waals surface area contributed by atoms with E-state index in [0.717, 1.165) is 50.9 Å². The molecule has 1 heterocycles. The van der Waals surface area contributed by atoms with E-state index in [4.69, 9.17) is 9.47 Å². The molecule has 1 aliphatic heterocycles. The minimum atomic E-state index is -0.621. The molecule has 0 saturated carbocycles. The highest BCUT2D eigenvalue weighted by molar-refractivity contribution is 8.13. The van der Waals surface area contributed by atoms with E-state index in [1.807, 2.05) is 0 Å². The van der Waals surface area contributed by atoms with Gasteiger partial charge in [0.15, 0.2) is 5.12 Å². The molecule has 2 atom stereocenters. The van der Waals surface area contributed by atoms with E-state index >= 15 is 0 Å². The third-order valence-electron chi connectivity index (χ3n) is 6.92. The SMILES string of the molecule is CCCCCCCCCCCCCCCOCOC1CCC(CCCSC(C)=O)[SiH2]N(O)CC1. The fourth-order valence-corrected chi connectivity index (χ4v) is 7.20. The Morgan fingerprint density at radius 3 is 2.15 bits per heavy atom. The summed E-state index contributed by atoms with van der Waals surface area (Å²) in [6, 6.07) is 0. The van der Waals surface area contributed by atoms with Gasteiger partial charge in [0.25, 0.3) is 0 Å². The number of carbonyl (C=O) groups is 1. The molecule has 2 unspecified atom stereocenters. The van der Waals surface area contributed by atoms with Crippen LogP contribution in [0.1, 0.15) is 129 Å². The van der Waals surface area contributed by atoms with Gasteiger partial charge in [0.2, 0.25) is 0 Å². The van der Waals surface area contributed by atoms with Gasteiger partial charge in [0.05, 0.1) is 6.10 Å². The summed E-state index contributed by atoms with van der Waals surface area (Å²) in [6.45, 7) is 5.80. The minimum Gasteiger partial charge on any atom is -0.355 e. The first-order chi connectivity index (χ1) is 16.6. The molecular weight excluding hydrogens is 462 g/mol.